The number of rotatable bonds is 7. The van der Waals surface area contributed by atoms with Gasteiger partial charge in [0.15, 0.2) is 0 Å². The molecule has 3 aromatic rings. The van der Waals surface area contributed by atoms with Gasteiger partial charge in [0.2, 0.25) is 10.0 Å². The van der Waals surface area contributed by atoms with Crippen molar-refractivity contribution in [3.8, 4) is 22.9 Å². The number of benzene rings is 2. The Bertz CT molecular complexity index is 1370. The molecule has 1 aromatic heterocycles. The fourth-order valence-electron chi connectivity index (χ4n) is 4.53. The van der Waals surface area contributed by atoms with Crippen LogP contribution in [0.3, 0.4) is 0 Å². The van der Waals surface area contributed by atoms with Crippen LogP contribution in [0.5, 0.6) is 5.75 Å². The van der Waals surface area contributed by atoms with E-state index in [1.807, 2.05) is 38.2 Å². The number of aromatic nitrogens is 1. The SMILES string of the molecule is C[C@@H]1CN([C@@H](C)CO)S(=O)(=O)c2ccc(-c3cccc(C#N)c3)cc2O[C@H]1CN(C)Cc1ccccn1. The molecule has 9 heteroatoms. The Kier molecular flexibility index (Phi) is 8.25. The summed E-state index contributed by atoms with van der Waals surface area (Å²) < 4.78 is 35.3. The fraction of sp³-hybridized carbons (Fsp3) is 0.357. The second kappa shape index (κ2) is 11.4. The predicted octanol–water partition coefficient (Wildman–Crippen LogP) is 3.52. The Morgan fingerprint density at radius 1 is 1.19 bits per heavy atom. The van der Waals surface area contributed by atoms with Gasteiger partial charge in [-0.25, -0.2) is 8.42 Å². The predicted molar refractivity (Wildman–Crippen MR) is 141 cm³/mol. The van der Waals surface area contributed by atoms with Crippen molar-refractivity contribution in [3.05, 3.63) is 78.1 Å². The highest BCUT2D eigenvalue weighted by atomic mass is 32.2. The molecule has 1 aliphatic heterocycles. The molecule has 0 saturated heterocycles. The number of aliphatic hydroxyl groups excluding tert-OH is 1. The summed E-state index contributed by atoms with van der Waals surface area (Å²) >= 11 is 0. The van der Waals surface area contributed by atoms with Crippen molar-refractivity contribution in [2.45, 2.75) is 37.4 Å². The van der Waals surface area contributed by atoms with Gasteiger partial charge in [-0.05, 0) is 61.5 Å². The van der Waals surface area contributed by atoms with Crippen molar-refractivity contribution in [3.63, 3.8) is 0 Å². The Morgan fingerprint density at radius 2 is 1.97 bits per heavy atom. The number of nitrogens with zero attached hydrogens (tertiary/aromatic N) is 4. The van der Waals surface area contributed by atoms with Crippen LogP contribution in [0.2, 0.25) is 0 Å². The van der Waals surface area contributed by atoms with E-state index in [0.717, 1.165) is 16.8 Å². The van der Waals surface area contributed by atoms with E-state index in [0.29, 0.717) is 18.7 Å². The molecule has 0 bridgehead atoms. The van der Waals surface area contributed by atoms with Gasteiger partial charge in [0, 0.05) is 37.8 Å². The first kappa shape index (κ1) is 26.8. The summed E-state index contributed by atoms with van der Waals surface area (Å²) in [6.07, 6.45) is 1.44. The fourth-order valence-corrected chi connectivity index (χ4v) is 6.36. The van der Waals surface area contributed by atoms with Crippen LogP contribution in [-0.4, -0.2) is 66.6 Å². The molecule has 1 N–H and O–H groups in total. The zero-order valence-electron chi connectivity index (χ0n) is 21.3. The number of aliphatic hydroxyl groups is 1. The number of fused-ring (bicyclic) bond motifs is 1. The van der Waals surface area contributed by atoms with E-state index >= 15 is 0 Å². The van der Waals surface area contributed by atoms with Crippen molar-refractivity contribution in [1.82, 2.24) is 14.2 Å². The van der Waals surface area contributed by atoms with E-state index in [9.17, 15) is 18.8 Å². The molecule has 2 heterocycles. The smallest absolute Gasteiger partial charge is 0.247 e. The molecule has 0 spiro atoms. The van der Waals surface area contributed by atoms with Gasteiger partial charge in [-0.15, -0.1) is 0 Å². The standard InChI is InChI=1S/C28H32N4O4S/c1-20-16-32(21(2)19-33)37(34,35)28-11-10-24(23-8-6-7-22(13-23)15-29)14-26(28)36-27(20)18-31(3)17-25-9-4-5-12-30-25/h4-14,20-21,27,33H,16-19H2,1-3H3/t20-,21+,27+/m1/s1. The van der Waals surface area contributed by atoms with Crippen molar-refractivity contribution < 1.29 is 18.3 Å². The topological polar surface area (TPSA) is 107 Å². The lowest BCUT2D eigenvalue weighted by Gasteiger charge is -2.37. The quantitative estimate of drug-likeness (QED) is 0.508. The van der Waals surface area contributed by atoms with Crippen LogP contribution >= 0.6 is 0 Å². The van der Waals surface area contributed by atoms with Gasteiger partial charge in [-0.2, -0.15) is 9.57 Å². The van der Waals surface area contributed by atoms with Gasteiger partial charge in [0.25, 0.3) is 0 Å². The van der Waals surface area contributed by atoms with Crippen LogP contribution in [0.1, 0.15) is 25.1 Å². The molecule has 0 radical (unpaired) electrons. The van der Waals surface area contributed by atoms with Crippen LogP contribution in [0, 0.1) is 17.2 Å². The van der Waals surface area contributed by atoms with Crippen LogP contribution < -0.4 is 4.74 Å². The first-order chi connectivity index (χ1) is 17.7. The second-order valence-corrected chi connectivity index (χ2v) is 11.5. The van der Waals surface area contributed by atoms with Gasteiger partial charge < -0.3 is 9.84 Å². The molecule has 37 heavy (non-hydrogen) atoms. The first-order valence-corrected chi connectivity index (χ1v) is 13.7. The van der Waals surface area contributed by atoms with Crippen LogP contribution in [0.4, 0.5) is 0 Å². The molecule has 0 aliphatic carbocycles. The van der Waals surface area contributed by atoms with Crippen LogP contribution in [0.25, 0.3) is 11.1 Å². The molecule has 2 aromatic carbocycles. The van der Waals surface area contributed by atoms with E-state index in [1.54, 1.807) is 49.5 Å². The Morgan fingerprint density at radius 3 is 2.68 bits per heavy atom. The zero-order valence-corrected chi connectivity index (χ0v) is 22.1. The van der Waals surface area contributed by atoms with Crippen molar-refractivity contribution in [2.24, 2.45) is 5.92 Å². The van der Waals surface area contributed by atoms with E-state index in [-0.39, 0.29) is 35.8 Å². The maximum absolute atomic E-state index is 13.7. The third-order valence-corrected chi connectivity index (χ3v) is 8.66. The molecule has 3 atom stereocenters. The minimum absolute atomic E-state index is 0.0669. The number of pyridine rings is 1. The third-order valence-electron chi connectivity index (χ3n) is 6.64. The molecule has 0 fully saturated rings. The summed E-state index contributed by atoms with van der Waals surface area (Å²) in [7, 11) is -1.94. The molecular formula is C28H32N4O4S. The maximum atomic E-state index is 13.7. The number of likely N-dealkylation sites (N-methyl/N-ethyl adjacent to an activating group) is 1. The lowest BCUT2D eigenvalue weighted by atomic mass is 10.0. The minimum Gasteiger partial charge on any atom is -0.487 e. The Balaban J connectivity index is 1.74. The number of hydrogen-bond acceptors (Lipinski definition) is 7. The lowest BCUT2D eigenvalue weighted by Crippen LogP contribution is -2.49. The van der Waals surface area contributed by atoms with Gasteiger partial charge in [-0.1, -0.05) is 31.2 Å². The molecule has 1 aliphatic rings. The van der Waals surface area contributed by atoms with Crippen LogP contribution in [0.15, 0.2) is 71.8 Å². The zero-order chi connectivity index (χ0) is 26.6. The monoisotopic (exact) mass is 520 g/mol. The normalized spacial score (nSPS) is 20.2. The van der Waals surface area contributed by atoms with Gasteiger partial charge in [0.05, 0.1) is 23.9 Å². The minimum atomic E-state index is -3.93. The van der Waals surface area contributed by atoms with E-state index in [4.69, 9.17) is 4.74 Å². The van der Waals surface area contributed by atoms with Crippen molar-refractivity contribution >= 4 is 10.0 Å². The number of nitriles is 1. The Hall–Kier alpha value is -3.29. The first-order valence-electron chi connectivity index (χ1n) is 12.3. The highest BCUT2D eigenvalue weighted by Crippen LogP contribution is 2.36. The number of ether oxygens (including phenoxy) is 1. The Labute approximate surface area is 218 Å². The largest absolute Gasteiger partial charge is 0.487 e. The lowest BCUT2D eigenvalue weighted by molar-refractivity contribution is 0.0731. The summed E-state index contributed by atoms with van der Waals surface area (Å²) in [6.45, 7) is 4.78. The highest BCUT2D eigenvalue weighted by molar-refractivity contribution is 7.89. The van der Waals surface area contributed by atoms with Crippen molar-refractivity contribution in [2.75, 3.05) is 26.7 Å². The molecule has 0 amide bonds. The van der Waals surface area contributed by atoms with Gasteiger partial charge in [-0.3, -0.25) is 9.88 Å². The summed E-state index contributed by atoms with van der Waals surface area (Å²) in [5.74, 6) is 0.103. The maximum Gasteiger partial charge on any atom is 0.247 e. The molecule has 4 rings (SSSR count). The van der Waals surface area contributed by atoms with E-state index in [2.05, 4.69) is 16.0 Å². The van der Waals surface area contributed by atoms with E-state index < -0.39 is 16.1 Å². The average molecular weight is 521 g/mol. The number of hydrogen-bond donors (Lipinski definition) is 1. The van der Waals surface area contributed by atoms with Crippen molar-refractivity contribution in [1.29, 1.82) is 5.26 Å². The summed E-state index contributed by atoms with van der Waals surface area (Å²) in [5, 5.41) is 19.2. The second-order valence-electron chi connectivity index (χ2n) is 9.61. The number of sulfonamides is 1. The molecule has 8 nitrogen and oxygen atoms in total. The summed E-state index contributed by atoms with van der Waals surface area (Å²) in [5.41, 5.74) is 2.99. The highest BCUT2D eigenvalue weighted by Gasteiger charge is 2.38. The third kappa shape index (κ3) is 6.00. The van der Waals surface area contributed by atoms with Crippen LogP contribution in [-0.2, 0) is 16.6 Å². The average Bonchev–Trinajstić information content (AvgIpc) is 2.90. The molecule has 194 valence electrons. The summed E-state index contributed by atoms with van der Waals surface area (Å²) in [4.78, 5) is 6.58. The van der Waals surface area contributed by atoms with Gasteiger partial charge >= 0.3 is 0 Å². The van der Waals surface area contributed by atoms with E-state index in [1.165, 1.54) is 4.31 Å². The van der Waals surface area contributed by atoms with Gasteiger partial charge in [0.1, 0.15) is 16.7 Å². The molecule has 0 unspecified atom stereocenters. The molecular weight excluding hydrogens is 488 g/mol. The molecule has 0 saturated carbocycles. The summed E-state index contributed by atoms with van der Waals surface area (Å²) in [6, 6.07) is 19.5.